The highest BCUT2D eigenvalue weighted by molar-refractivity contribution is 7.13. The van der Waals surface area contributed by atoms with Gasteiger partial charge < -0.3 is 10.4 Å². The topological polar surface area (TPSA) is 62.2 Å². The molecule has 2 heterocycles. The zero-order valence-electron chi connectivity index (χ0n) is 9.61. The number of thiophene rings is 1. The highest BCUT2D eigenvalue weighted by atomic mass is 35.5. The van der Waals surface area contributed by atoms with Gasteiger partial charge in [-0.15, -0.1) is 11.3 Å². The molecule has 0 aromatic carbocycles. The summed E-state index contributed by atoms with van der Waals surface area (Å²) in [6.45, 7) is 2.44. The smallest absolute Gasteiger partial charge is 0.345 e. The summed E-state index contributed by atoms with van der Waals surface area (Å²) in [7, 11) is 0. The van der Waals surface area contributed by atoms with Crippen molar-refractivity contribution in [3.8, 4) is 0 Å². The summed E-state index contributed by atoms with van der Waals surface area (Å²) < 4.78 is 0. The molecule has 2 N–H and O–H groups in total. The molecule has 2 rings (SSSR count). The van der Waals surface area contributed by atoms with E-state index in [9.17, 15) is 4.79 Å². The Morgan fingerprint density at radius 2 is 2.33 bits per heavy atom. The van der Waals surface area contributed by atoms with Gasteiger partial charge in [0.05, 0.1) is 16.4 Å². The first kappa shape index (κ1) is 12.9. The molecule has 0 amide bonds. The summed E-state index contributed by atoms with van der Waals surface area (Å²) in [5.74, 6) is -0.896. The minimum atomic E-state index is -0.896. The fourth-order valence-corrected chi connectivity index (χ4v) is 2.40. The van der Waals surface area contributed by atoms with Crippen molar-refractivity contribution in [1.29, 1.82) is 0 Å². The minimum absolute atomic E-state index is 0.341. The molecule has 18 heavy (non-hydrogen) atoms. The van der Waals surface area contributed by atoms with Crippen molar-refractivity contribution < 1.29 is 9.90 Å². The fraction of sp³-hybridized carbons (Fsp3) is 0.167. The van der Waals surface area contributed by atoms with E-state index in [0.29, 0.717) is 16.4 Å². The number of pyridine rings is 1. The van der Waals surface area contributed by atoms with Gasteiger partial charge in [-0.25, -0.2) is 4.79 Å². The van der Waals surface area contributed by atoms with Crippen LogP contribution in [0.15, 0.2) is 24.4 Å². The van der Waals surface area contributed by atoms with Crippen molar-refractivity contribution in [3.63, 3.8) is 0 Å². The number of anilines is 1. The van der Waals surface area contributed by atoms with Crippen LogP contribution < -0.4 is 5.32 Å². The van der Waals surface area contributed by atoms with Gasteiger partial charge in [0.1, 0.15) is 4.88 Å². The van der Waals surface area contributed by atoms with Crippen LogP contribution in [-0.2, 0) is 6.54 Å². The highest BCUT2D eigenvalue weighted by Gasteiger charge is 2.07. The molecule has 0 bridgehead atoms. The van der Waals surface area contributed by atoms with E-state index in [-0.39, 0.29) is 0 Å². The number of halogens is 1. The number of carboxylic acids is 1. The van der Waals surface area contributed by atoms with Crippen LogP contribution >= 0.6 is 22.9 Å². The Balaban J connectivity index is 2.06. The molecule has 4 nitrogen and oxygen atoms in total. The summed E-state index contributed by atoms with van der Waals surface area (Å²) >= 11 is 7.12. The molecule has 0 atom stereocenters. The van der Waals surface area contributed by atoms with E-state index in [2.05, 4.69) is 10.3 Å². The van der Waals surface area contributed by atoms with Gasteiger partial charge in [-0.2, -0.15) is 0 Å². The molecule has 6 heteroatoms. The molecule has 0 saturated heterocycles. The molecule has 94 valence electrons. The molecule has 0 aliphatic carbocycles. The standard InChI is InChI=1S/C12H11ClN2O2S/c1-7-10(4-8(13)5-14-7)15-6-9-2-3-11(18-9)12(16)17/h2-5,15H,6H2,1H3,(H,16,17). The number of rotatable bonds is 4. The van der Waals surface area contributed by atoms with Gasteiger partial charge in [0.25, 0.3) is 0 Å². The Bertz CT molecular complexity index is 583. The van der Waals surface area contributed by atoms with Crippen LogP contribution in [0.4, 0.5) is 5.69 Å². The first-order valence-electron chi connectivity index (χ1n) is 5.24. The van der Waals surface area contributed by atoms with Crippen molar-refractivity contribution in [3.05, 3.63) is 44.9 Å². The monoisotopic (exact) mass is 282 g/mol. The molecule has 0 aliphatic rings. The summed E-state index contributed by atoms with van der Waals surface area (Å²) in [6, 6.07) is 5.21. The average molecular weight is 283 g/mol. The second kappa shape index (κ2) is 5.37. The molecular formula is C12H11ClN2O2S. The Morgan fingerprint density at radius 1 is 1.56 bits per heavy atom. The Hall–Kier alpha value is -1.59. The maximum Gasteiger partial charge on any atom is 0.345 e. The van der Waals surface area contributed by atoms with Crippen LogP contribution in [0, 0.1) is 6.92 Å². The number of aryl methyl sites for hydroxylation is 1. The van der Waals surface area contributed by atoms with Crippen LogP contribution in [0.2, 0.25) is 5.02 Å². The molecule has 0 aliphatic heterocycles. The van der Waals surface area contributed by atoms with E-state index in [4.69, 9.17) is 16.7 Å². The molecule has 0 fully saturated rings. The lowest BCUT2D eigenvalue weighted by Gasteiger charge is -2.07. The zero-order valence-corrected chi connectivity index (χ0v) is 11.2. The van der Waals surface area contributed by atoms with E-state index in [0.717, 1.165) is 16.3 Å². The summed E-state index contributed by atoms with van der Waals surface area (Å²) in [5, 5.41) is 12.6. The van der Waals surface area contributed by atoms with Crippen molar-refractivity contribution in [2.45, 2.75) is 13.5 Å². The minimum Gasteiger partial charge on any atom is -0.477 e. The van der Waals surface area contributed by atoms with Crippen LogP contribution in [-0.4, -0.2) is 16.1 Å². The zero-order chi connectivity index (χ0) is 13.1. The Kier molecular flexibility index (Phi) is 3.84. The quantitative estimate of drug-likeness (QED) is 0.902. The van der Waals surface area contributed by atoms with Gasteiger partial charge in [-0.3, -0.25) is 4.98 Å². The van der Waals surface area contributed by atoms with Crippen molar-refractivity contribution >= 4 is 34.6 Å². The molecular weight excluding hydrogens is 272 g/mol. The lowest BCUT2D eigenvalue weighted by Crippen LogP contribution is -2.00. The molecule has 0 spiro atoms. The molecule has 0 radical (unpaired) electrons. The number of aromatic nitrogens is 1. The van der Waals surface area contributed by atoms with Gasteiger partial charge in [0.2, 0.25) is 0 Å². The summed E-state index contributed by atoms with van der Waals surface area (Å²) in [5.41, 5.74) is 1.71. The van der Waals surface area contributed by atoms with Crippen LogP contribution in [0.1, 0.15) is 20.2 Å². The predicted molar refractivity (Wildman–Crippen MR) is 72.6 cm³/mol. The van der Waals surface area contributed by atoms with Crippen LogP contribution in [0.3, 0.4) is 0 Å². The fourth-order valence-electron chi connectivity index (χ4n) is 1.46. The predicted octanol–water partition coefficient (Wildman–Crippen LogP) is 3.42. The maximum atomic E-state index is 10.7. The van der Waals surface area contributed by atoms with Crippen molar-refractivity contribution in [2.75, 3.05) is 5.32 Å². The molecule has 0 unspecified atom stereocenters. The number of hydrogen-bond acceptors (Lipinski definition) is 4. The summed E-state index contributed by atoms with van der Waals surface area (Å²) in [4.78, 5) is 16.2. The third-order valence-corrected chi connectivity index (χ3v) is 3.66. The molecule has 2 aromatic rings. The largest absolute Gasteiger partial charge is 0.477 e. The molecule has 2 aromatic heterocycles. The average Bonchev–Trinajstić information content (AvgIpc) is 2.79. The first-order valence-corrected chi connectivity index (χ1v) is 6.44. The number of carbonyl (C=O) groups is 1. The van der Waals surface area contributed by atoms with E-state index in [1.807, 2.05) is 6.92 Å². The third kappa shape index (κ3) is 3.00. The second-order valence-corrected chi connectivity index (χ2v) is 5.32. The van der Waals surface area contributed by atoms with E-state index in [1.165, 1.54) is 11.3 Å². The molecule has 0 saturated carbocycles. The number of carboxylic acid groups (broad SMARTS) is 1. The normalized spacial score (nSPS) is 10.3. The van der Waals surface area contributed by atoms with Gasteiger partial charge >= 0.3 is 5.97 Å². The van der Waals surface area contributed by atoms with Crippen LogP contribution in [0.5, 0.6) is 0 Å². The number of aromatic carboxylic acids is 1. The third-order valence-electron chi connectivity index (χ3n) is 2.38. The summed E-state index contributed by atoms with van der Waals surface area (Å²) in [6.07, 6.45) is 1.59. The van der Waals surface area contributed by atoms with E-state index < -0.39 is 5.97 Å². The van der Waals surface area contributed by atoms with Gasteiger partial charge in [-0.1, -0.05) is 11.6 Å². The SMILES string of the molecule is Cc1ncc(Cl)cc1NCc1ccc(C(=O)O)s1. The Morgan fingerprint density at radius 3 is 3.00 bits per heavy atom. The van der Waals surface area contributed by atoms with Gasteiger partial charge in [0, 0.05) is 17.6 Å². The Labute approximate surface area is 113 Å². The van der Waals surface area contributed by atoms with Crippen molar-refractivity contribution in [2.24, 2.45) is 0 Å². The maximum absolute atomic E-state index is 10.7. The number of hydrogen-bond donors (Lipinski definition) is 2. The number of nitrogens with one attached hydrogen (secondary N) is 1. The lowest BCUT2D eigenvalue weighted by atomic mass is 10.3. The number of nitrogens with zero attached hydrogens (tertiary/aromatic N) is 1. The second-order valence-electron chi connectivity index (χ2n) is 3.71. The first-order chi connectivity index (χ1) is 8.56. The van der Waals surface area contributed by atoms with Gasteiger partial charge in [0.15, 0.2) is 0 Å². The van der Waals surface area contributed by atoms with E-state index in [1.54, 1.807) is 24.4 Å². The van der Waals surface area contributed by atoms with E-state index >= 15 is 0 Å². The van der Waals surface area contributed by atoms with Crippen LogP contribution in [0.25, 0.3) is 0 Å². The lowest BCUT2D eigenvalue weighted by molar-refractivity contribution is 0.0702. The highest BCUT2D eigenvalue weighted by Crippen LogP contribution is 2.21. The van der Waals surface area contributed by atoms with Crippen molar-refractivity contribution in [1.82, 2.24) is 4.98 Å². The van der Waals surface area contributed by atoms with Gasteiger partial charge in [-0.05, 0) is 25.1 Å².